The summed E-state index contributed by atoms with van der Waals surface area (Å²) in [7, 11) is 0. The first-order valence-electron chi connectivity index (χ1n) is 9.92. The van der Waals surface area contributed by atoms with Crippen LogP contribution in [0, 0.1) is 5.82 Å². The van der Waals surface area contributed by atoms with Gasteiger partial charge in [-0.15, -0.1) is 0 Å². The Balaban J connectivity index is 1.67. The molecule has 5 rings (SSSR count). The van der Waals surface area contributed by atoms with E-state index in [2.05, 4.69) is 0 Å². The number of amides is 1. The highest BCUT2D eigenvalue weighted by Gasteiger charge is 2.36. The smallest absolute Gasteiger partial charge is 0.335 e. The average molecular weight is 434 g/mol. The van der Waals surface area contributed by atoms with E-state index in [1.165, 1.54) is 23.1 Å². The number of hydrogen-bond donors (Lipinski definition) is 1. The maximum Gasteiger partial charge on any atom is 0.335 e. The van der Waals surface area contributed by atoms with Gasteiger partial charge in [0, 0.05) is 16.3 Å². The van der Waals surface area contributed by atoms with Crippen LogP contribution < -0.4 is 4.90 Å². The normalized spacial score (nSPS) is 16.6. The lowest BCUT2D eigenvalue weighted by Crippen LogP contribution is -2.20. The van der Waals surface area contributed by atoms with Gasteiger partial charge in [-0.05, 0) is 78.4 Å². The minimum absolute atomic E-state index is 0.107. The lowest BCUT2D eigenvalue weighted by atomic mass is 9.98. The number of carbonyl (C=O) groups is 2. The number of carbonyl (C=O) groups excluding carboxylic acids is 1. The number of carboxylic acid groups (broad SMARTS) is 1. The number of fused-ring (bicyclic) bond motifs is 1. The quantitative estimate of drug-likeness (QED) is 0.493. The van der Waals surface area contributed by atoms with Crippen LogP contribution in [0.5, 0.6) is 0 Å². The Morgan fingerprint density at radius 1 is 1.06 bits per heavy atom. The molecule has 1 N–H and O–H groups in total. The molecule has 4 nitrogen and oxygen atoms in total. The van der Waals surface area contributed by atoms with Gasteiger partial charge in [0.05, 0.1) is 16.8 Å². The van der Waals surface area contributed by atoms with Crippen molar-refractivity contribution in [1.29, 1.82) is 0 Å². The van der Waals surface area contributed by atoms with Crippen molar-refractivity contribution in [3.63, 3.8) is 0 Å². The van der Waals surface area contributed by atoms with E-state index in [1.807, 2.05) is 12.1 Å². The molecule has 2 aliphatic rings. The molecule has 1 fully saturated rings. The highest BCUT2D eigenvalue weighted by molar-refractivity contribution is 6.39. The van der Waals surface area contributed by atoms with Crippen LogP contribution in [-0.2, 0) is 4.79 Å². The van der Waals surface area contributed by atoms with Crippen molar-refractivity contribution in [3.05, 3.63) is 93.8 Å². The van der Waals surface area contributed by atoms with E-state index in [-0.39, 0.29) is 22.6 Å². The molecule has 0 saturated heterocycles. The first kappa shape index (κ1) is 19.5. The third-order valence-electron chi connectivity index (χ3n) is 5.70. The van der Waals surface area contributed by atoms with Gasteiger partial charge in [0.25, 0.3) is 5.91 Å². The van der Waals surface area contributed by atoms with Crippen LogP contribution >= 0.6 is 11.6 Å². The zero-order valence-corrected chi connectivity index (χ0v) is 17.1. The van der Waals surface area contributed by atoms with Gasteiger partial charge >= 0.3 is 5.97 Å². The minimum atomic E-state index is -1.06. The van der Waals surface area contributed by atoms with Gasteiger partial charge in [0.1, 0.15) is 5.82 Å². The Bertz CT molecular complexity index is 1260. The van der Waals surface area contributed by atoms with Crippen molar-refractivity contribution in [2.24, 2.45) is 0 Å². The van der Waals surface area contributed by atoms with Crippen LogP contribution in [0.15, 0.2) is 60.7 Å². The van der Waals surface area contributed by atoms with Gasteiger partial charge < -0.3 is 5.11 Å². The van der Waals surface area contributed by atoms with Crippen molar-refractivity contribution in [2.75, 3.05) is 4.90 Å². The number of nitrogens with zero attached hydrogens (tertiary/aromatic N) is 1. The Kier molecular flexibility index (Phi) is 4.63. The standard InChI is InChI=1S/C25H17ClFNO3/c26-20-4-1-3-17(14-7-8-14)18(20)13-19-23-21(27)5-2-6-22(23)28(24(19)29)16-11-9-15(10-12-16)25(30)31/h1-6,9-14H,7-8H2,(H,30,31)/b19-13+. The number of benzene rings is 3. The van der Waals surface area contributed by atoms with Crippen molar-refractivity contribution < 1.29 is 19.1 Å². The fourth-order valence-electron chi connectivity index (χ4n) is 4.05. The maximum absolute atomic E-state index is 14.9. The largest absolute Gasteiger partial charge is 0.478 e. The molecule has 1 heterocycles. The predicted molar refractivity (Wildman–Crippen MR) is 118 cm³/mol. The second kappa shape index (κ2) is 7.36. The van der Waals surface area contributed by atoms with Crippen LogP contribution in [0.1, 0.15) is 45.8 Å². The number of hydrogen-bond acceptors (Lipinski definition) is 2. The van der Waals surface area contributed by atoms with Gasteiger partial charge in [0.15, 0.2) is 0 Å². The van der Waals surface area contributed by atoms with Gasteiger partial charge in [-0.25, -0.2) is 9.18 Å². The third kappa shape index (κ3) is 3.31. The summed E-state index contributed by atoms with van der Waals surface area (Å²) in [6.07, 6.45) is 3.82. The molecule has 1 aliphatic heterocycles. The summed E-state index contributed by atoms with van der Waals surface area (Å²) >= 11 is 6.48. The molecule has 0 unspecified atom stereocenters. The summed E-state index contributed by atoms with van der Waals surface area (Å²) in [5, 5.41) is 9.66. The molecule has 154 valence electrons. The summed E-state index contributed by atoms with van der Waals surface area (Å²) in [6, 6.07) is 16.1. The van der Waals surface area contributed by atoms with Gasteiger partial charge in [-0.3, -0.25) is 9.69 Å². The highest BCUT2D eigenvalue weighted by atomic mass is 35.5. The van der Waals surface area contributed by atoms with E-state index >= 15 is 0 Å². The van der Waals surface area contributed by atoms with E-state index in [0.29, 0.717) is 22.3 Å². The van der Waals surface area contributed by atoms with E-state index in [9.17, 15) is 14.0 Å². The van der Waals surface area contributed by atoms with E-state index < -0.39 is 11.8 Å². The molecule has 1 amide bonds. The monoisotopic (exact) mass is 433 g/mol. The molecule has 0 atom stereocenters. The van der Waals surface area contributed by atoms with Crippen LogP contribution in [0.25, 0.3) is 11.6 Å². The van der Waals surface area contributed by atoms with Crippen LogP contribution in [0.2, 0.25) is 5.02 Å². The molecular formula is C25H17ClFNO3. The summed E-state index contributed by atoms with van der Waals surface area (Å²) in [6.45, 7) is 0. The number of rotatable bonds is 4. The molecule has 1 saturated carbocycles. The van der Waals surface area contributed by atoms with Crippen LogP contribution in [0.3, 0.4) is 0 Å². The lowest BCUT2D eigenvalue weighted by molar-refractivity contribution is -0.112. The molecule has 0 radical (unpaired) electrons. The van der Waals surface area contributed by atoms with Crippen LogP contribution in [0.4, 0.5) is 15.8 Å². The van der Waals surface area contributed by atoms with E-state index in [4.69, 9.17) is 16.7 Å². The Labute approximate surface area is 183 Å². The molecule has 3 aromatic carbocycles. The minimum Gasteiger partial charge on any atom is -0.478 e. The number of halogens is 2. The Morgan fingerprint density at radius 3 is 2.45 bits per heavy atom. The first-order chi connectivity index (χ1) is 15.0. The molecule has 31 heavy (non-hydrogen) atoms. The summed E-state index contributed by atoms with van der Waals surface area (Å²) in [5.41, 5.74) is 3.24. The SMILES string of the molecule is O=C(O)c1ccc(N2C(=O)/C(=C/c3c(Cl)cccc3C3CC3)c3c(F)cccc32)cc1. The third-order valence-corrected chi connectivity index (χ3v) is 6.03. The van der Waals surface area contributed by atoms with Crippen molar-refractivity contribution in [2.45, 2.75) is 18.8 Å². The summed E-state index contributed by atoms with van der Waals surface area (Å²) in [4.78, 5) is 26.1. The summed E-state index contributed by atoms with van der Waals surface area (Å²) in [5.74, 6) is -1.54. The molecule has 0 spiro atoms. The van der Waals surface area contributed by atoms with Gasteiger partial charge in [0.2, 0.25) is 0 Å². The van der Waals surface area contributed by atoms with E-state index in [0.717, 1.165) is 24.0 Å². The van der Waals surface area contributed by atoms with Gasteiger partial charge in [-0.2, -0.15) is 0 Å². The average Bonchev–Trinajstić information content (AvgIpc) is 3.55. The molecule has 3 aromatic rings. The van der Waals surface area contributed by atoms with Crippen molar-refractivity contribution in [1.82, 2.24) is 0 Å². The zero-order valence-electron chi connectivity index (χ0n) is 16.3. The van der Waals surface area contributed by atoms with E-state index in [1.54, 1.807) is 36.4 Å². The molecule has 0 bridgehead atoms. The maximum atomic E-state index is 14.9. The molecule has 0 aromatic heterocycles. The fraction of sp³-hybridized carbons (Fsp3) is 0.120. The van der Waals surface area contributed by atoms with Gasteiger partial charge in [-0.1, -0.05) is 29.8 Å². The Hall–Kier alpha value is -3.44. The fourth-order valence-corrected chi connectivity index (χ4v) is 4.28. The number of aromatic carboxylic acids is 1. The first-order valence-corrected chi connectivity index (χ1v) is 10.3. The van der Waals surface area contributed by atoms with Crippen molar-refractivity contribution in [3.8, 4) is 0 Å². The molecule has 6 heteroatoms. The highest BCUT2D eigenvalue weighted by Crippen LogP contribution is 2.47. The number of carboxylic acids is 1. The second-order valence-electron chi connectivity index (χ2n) is 7.70. The van der Waals surface area contributed by atoms with Crippen LogP contribution in [-0.4, -0.2) is 17.0 Å². The summed E-state index contributed by atoms with van der Waals surface area (Å²) < 4.78 is 14.9. The topological polar surface area (TPSA) is 57.6 Å². The second-order valence-corrected chi connectivity index (χ2v) is 8.11. The number of anilines is 2. The predicted octanol–water partition coefficient (Wildman–Crippen LogP) is 6.27. The van der Waals surface area contributed by atoms with Crippen molar-refractivity contribution >= 4 is 46.5 Å². The Morgan fingerprint density at radius 2 is 1.77 bits per heavy atom. The lowest BCUT2D eigenvalue weighted by Gasteiger charge is -2.17. The molecule has 1 aliphatic carbocycles. The molecular weight excluding hydrogens is 417 g/mol. The zero-order chi connectivity index (χ0) is 21.7.